The molecule has 2 aliphatic carbocycles. The Hall–Kier alpha value is -0.0800. The maximum Gasteiger partial charge on any atom is 0.0693 e. The molecule has 2 saturated carbocycles. The van der Waals surface area contributed by atoms with Gasteiger partial charge < -0.3 is 10.4 Å². The molecule has 0 aliphatic heterocycles. The standard InChI is InChI=1S/C11H21NO/c13-11-8-4-7-10(11)12-9-5-2-1-3-6-9/h9-13H,1-8H2. The number of aliphatic hydroxyl groups excluding tert-OH is 1. The van der Waals surface area contributed by atoms with Crippen LogP contribution in [0, 0.1) is 0 Å². The third kappa shape index (κ3) is 2.44. The molecule has 0 aromatic heterocycles. The van der Waals surface area contributed by atoms with E-state index in [1.165, 1.54) is 44.9 Å². The molecule has 0 amide bonds. The maximum atomic E-state index is 9.66. The van der Waals surface area contributed by atoms with Gasteiger partial charge in [0.15, 0.2) is 0 Å². The minimum absolute atomic E-state index is 0.0677. The molecule has 2 fully saturated rings. The lowest BCUT2D eigenvalue weighted by Crippen LogP contribution is -2.43. The summed E-state index contributed by atoms with van der Waals surface area (Å²) in [5.74, 6) is 0. The summed E-state index contributed by atoms with van der Waals surface area (Å²) >= 11 is 0. The van der Waals surface area contributed by atoms with Crippen LogP contribution in [0.2, 0.25) is 0 Å². The Kier molecular flexibility index (Phi) is 3.23. The van der Waals surface area contributed by atoms with Crippen molar-refractivity contribution in [1.82, 2.24) is 5.32 Å². The van der Waals surface area contributed by atoms with Crippen molar-refractivity contribution >= 4 is 0 Å². The molecular weight excluding hydrogens is 162 g/mol. The minimum Gasteiger partial charge on any atom is -0.392 e. The third-order valence-corrected chi connectivity index (χ3v) is 3.53. The molecule has 2 unspecified atom stereocenters. The molecule has 0 saturated heterocycles. The van der Waals surface area contributed by atoms with Gasteiger partial charge in [0.2, 0.25) is 0 Å². The van der Waals surface area contributed by atoms with Crippen LogP contribution in [0.1, 0.15) is 51.4 Å². The van der Waals surface area contributed by atoms with Crippen molar-refractivity contribution in [3.63, 3.8) is 0 Å². The van der Waals surface area contributed by atoms with Gasteiger partial charge in [-0.05, 0) is 32.1 Å². The average Bonchev–Trinajstić information content (AvgIpc) is 2.54. The molecule has 0 spiro atoms. The predicted molar refractivity (Wildman–Crippen MR) is 53.7 cm³/mol. The van der Waals surface area contributed by atoms with E-state index in [1.54, 1.807) is 0 Å². The Labute approximate surface area is 80.7 Å². The smallest absolute Gasteiger partial charge is 0.0693 e. The summed E-state index contributed by atoms with van der Waals surface area (Å²) in [7, 11) is 0. The van der Waals surface area contributed by atoms with Gasteiger partial charge in [-0.15, -0.1) is 0 Å². The van der Waals surface area contributed by atoms with E-state index in [2.05, 4.69) is 5.32 Å². The molecule has 0 aromatic carbocycles. The average molecular weight is 183 g/mol. The lowest BCUT2D eigenvalue weighted by atomic mass is 9.94. The van der Waals surface area contributed by atoms with E-state index < -0.39 is 0 Å². The Morgan fingerprint density at radius 3 is 2.23 bits per heavy atom. The van der Waals surface area contributed by atoms with Crippen LogP contribution < -0.4 is 5.32 Å². The van der Waals surface area contributed by atoms with Crippen LogP contribution in [0.4, 0.5) is 0 Å². The molecule has 2 rings (SSSR count). The van der Waals surface area contributed by atoms with E-state index in [9.17, 15) is 5.11 Å². The second kappa shape index (κ2) is 4.43. The normalized spacial score (nSPS) is 36.7. The molecule has 2 aliphatic rings. The van der Waals surface area contributed by atoms with Crippen molar-refractivity contribution in [2.24, 2.45) is 0 Å². The van der Waals surface area contributed by atoms with Gasteiger partial charge in [-0.3, -0.25) is 0 Å². The zero-order valence-electron chi connectivity index (χ0n) is 8.34. The summed E-state index contributed by atoms with van der Waals surface area (Å²) in [4.78, 5) is 0. The first-order valence-electron chi connectivity index (χ1n) is 5.80. The van der Waals surface area contributed by atoms with Crippen LogP contribution in [0.25, 0.3) is 0 Å². The number of rotatable bonds is 2. The van der Waals surface area contributed by atoms with Crippen LogP contribution in [0.5, 0.6) is 0 Å². The Bertz CT molecular complexity index is 154. The molecular formula is C11H21NO. The molecule has 13 heavy (non-hydrogen) atoms. The highest BCUT2D eigenvalue weighted by atomic mass is 16.3. The van der Waals surface area contributed by atoms with E-state index >= 15 is 0 Å². The zero-order valence-corrected chi connectivity index (χ0v) is 8.34. The van der Waals surface area contributed by atoms with Gasteiger partial charge in [-0.25, -0.2) is 0 Å². The second-order valence-corrected chi connectivity index (χ2v) is 4.61. The highest BCUT2D eigenvalue weighted by molar-refractivity contribution is 4.86. The maximum absolute atomic E-state index is 9.66. The monoisotopic (exact) mass is 183 g/mol. The molecule has 2 atom stereocenters. The second-order valence-electron chi connectivity index (χ2n) is 4.61. The number of hydrogen-bond donors (Lipinski definition) is 2. The summed E-state index contributed by atoms with van der Waals surface area (Å²) in [6.45, 7) is 0. The molecule has 2 heteroatoms. The summed E-state index contributed by atoms with van der Waals surface area (Å²) in [5.41, 5.74) is 0. The van der Waals surface area contributed by atoms with Crippen molar-refractivity contribution < 1.29 is 5.11 Å². The summed E-state index contributed by atoms with van der Waals surface area (Å²) in [6, 6.07) is 1.11. The van der Waals surface area contributed by atoms with Crippen molar-refractivity contribution in [3.8, 4) is 0 Å². The first-order chi connectivity index (χ1) is 6.36. The Morgan fingerprint density at radius 1 is 0.846 bits per heavy atom. The summed E-state index contributed by atoms with van der Waals surface area (Å²) in [5, 5.41) is 13.3. The lowest BCUT2D eigenvalue weighted by molar-refractivity contribution is 0.138. The molecule has 2 N–H and O–H groups in total. The van der Waals surface area contributed by atoms with E-state index in [0.29, 0.717) is 12.1 Å². The van der Waals surface area contributed by atoms with Crippen molar-refractivity contribution in [3.05, 3.63) is 0 Å². The SMILES string of the molecule is OC1CCCC1NC1CCCCC1. The minimum atomic E-state index is -0.0677. The number of nitrogens with one attached hydrogen (secondary N) is 1. The van der Waals surface area contributed by atoms with Gasteiger partial charge in [0.1, 0.15) is 0 Å². The van der Waals surface area contributed by atoms with E-state index in [0.717, 1.165) is 6.42 Å². The largest absolute Gasteiger partial charge is 0.392 e. The molecule has 0 aromatic rings. The van der Waals surface area contributed by atoms with E-state index in [-0.39, 0.29) is 6.10 Å². The van der Waals surface area contributed by atoms with Crippen LogP contribution >= 0.6 is 0 Å². The van der Waals surface area contributed by atoms with Gasteiger partial charge in [0.25, 0.3) is 0 Å². The zero-order chi connectivity index (χ0) is 9.10. The molecule has 0 radical (unpaired) electrons. The highest BCUT2D eigenvalue weighted by Crippen LogP contribution is 2.23. The van der Waals surface area contributed by atoms with Gasteiger partial charge in [-0.1, -0.05) is 19.3 Å². The van der Waals surface area contributed by atoms with Crippen LogP contribution in [-0.2, 0) is 0 Å². The first-order valence-corrected chi connectivity index (χ1v) is 5.80. The first kappa shape index (κ1) is 9.47. The fraction of sp³-hybridized carbons (Fsp3) is 1.00. The molecule has 0 bridgehead atoms. The fourth-order valence-corrected chi connectivity index (χ4v) is 2.71. The highest BCUT2D eigenvalue weighted by Gasteiger charge is 2.27. The van der Waals surface area contributed by atoms with E-state index in [4.69, 9.17) is 0 Å². The van der Waals surface area contributed by atoms with Crippen molar-refractivity contribution in [1.29, 1.82) is 0 Å². The van der Waals surface area contributed by atoms with Crippen LogP contribution in [-0.4, -0.2) is 23.3 Å². The van der Waals surface area contributed by atoms with Crippen LogP contribution in [0.15, 0.2) is 0 Å². The molecule has 76 valence electrons. The Balaban J connectivity index is 1.75. The summed E-state index contributed by atoms with van der Waals surface area (Å²) in [6.07, 6.45) is 10.1. The fourth-order valence-electron chi connectivity index (χ4n) is 2.71. The van der Waals surface area contributed by atoms with Crippen LogP contribution in [0.3, 0.4) is 0 Å². The van der Waals surface area contributed by atoms with Crippen molar-refractivity contribution in [2.75, 3.05) is 0 Å². The summed E-state index contributed by atoms with van der Waals surface area (Å²) < 4.78 is 0. The van der Waals surface area contributed by atoms with Gasteiger partial charge >= 0.3 is 0 Å². The number of hydrogen-bond acceptors (Lipinski definition) is 2. The van der Waals surface area contributed by atoms with Gasteiger partial charge in [0, 0.05) is 12.1 Å². The molecule has 0 heterocycles. The lowest BCUT2D eigenvalue weighted by Gasteiger charge is -2.27. The number of aliphatic hydroxyl groups is 1. The predicted octanol–water partition coefficient (Wildman–Crippen LogP) is 1.82. The Morgan fingerprint density at radius 2 is 1.62 bits per heavy atom. The quantitative estimate of drug-likeness (QED) is 0.684. The van der Waals surface area contributed by atoms with E-state index in [1.807, 2.05) is 0 Å². The third-order valence-electron chi connectivity index (χ3n) is 3.53. The van der Waals surface area contributed by atoms with Gasteiger partial charge in [-0.2, -0.15) is 0 Å². The van der Waals surface area contributed by atoms with Crippen molar-refractivity contribution in [2.45, 2.75) is 69.6 Å². The topological polar surface area (TPSA) is 32.3 Å². The molecule has 2 nitrogen and oxygen atoms in total. The van der Waals surface area contributed by atoms with Gasteiger partial charge in [0.05, 0.1) is 6.10 Å².